The summed E-state index contributed by atoms with van der Waals surface area (Å²) in [4.78, 5) is 18.0. The molecular weight excluding hydrogens is 376 g/mol. The molecule has 156 valence electrons. The normalized spacial score (nSPS) is 21.1. The molecule has 2 fully saturated rings. The van der Waals surface area contributed by atoms with Gasteiger partial charge in [-0.3, -0.25) is 9.69 Å². The van der Waals surface area contributed by atoms with Crippen molar-refractivity contribution in [3.05, 3.63) is 22.7 Å². The van der Waals surface area contributed by atoms with Gasteiger partial charge in [-0.25, -0.2) is 0 Å². The minimum absolute atomic E-state index is 0.0399. The molecule has 3 rings (SSSR count). The van der Waals surface area contributed by atoms with E-state index in [0.29, 0.717) is 28.6 Å². The third-order valence-corrected chi connectivity index (χ3v) is 6.68. The van der Waals surface area contributed by atoms with Crippen LogP contribution in [0.25, 0.3) is 0 Å². The molecule has 1 aliphatic heterocycles. The monoisotopic (exact) mass is 408 g/mol. The second kappa shape index (κ2) is 9.33. The number of hydrogen-bond donors (Lipinski definition) is 2. The van der Waals surface area contributed by atoms with Crippen LogP contribution in [0.3, 0.4) is 0 Å². The van der Waals surface area contributed by atoms with Gasteiger partial charge in [0.15, 0.2) is 0 Å². The van der Waals surface area contributed by atoms with Crippen LogP contribution in [0.1, 0.15) is 48.9 Å². The molecule has 7 heteroatoms. The molecule has 28 heavy (non-hydrogen) atoms. The molecule has 1 saturated carbocycles. The Kier molecular flexibility index (Phi) is 7.07. The molecule has 0 bridgehead atoms. The summed E-state index contributed by atoms with van der Waals surface area (Å²) in [5, 5.41) is 3.56. The van der Waals surface area contributed by atoms with Crippen LogP contribution < -0.4 is 15.8 Å². The lowest BCUT2D eigenvalue weighted by atomic mass is 9.87. The number of carbonyl (C=O) groups excluding carboxylic acids is 1. The van der Waals surface area contributed by atoms with Crippen LogP contribution in [0, 0.1) is 0 Å². The number of piperazine rings is 1. The van der Waals surface area contributed by atoms with Crippen molar-refractivity contribution in [2.24, 2.45) is 0 Å². The van der Waals surface area contributed by atoms with Gasteiger partial charge in [0.25, 0.3) is 5.91 Å². The van der Waals surface area contributed by atoms with Gasteiger partial charge in [-0.05, 0) is 26.0 Å². The summed E-state index contributed by atoms with van der Waals surface area (Å²) in [6.07, 6.45) is 7.28. The predicted molar refractivity (Wildman–Crippen MR) is 114 cm³/mol. The van der Waals surface area contributed by atoms with E-state index in [1.165, 1.54) is 32.8 Å². The molecule has 1 saturated heterocycles. The molecule has 1 amide bonds. The van der Waals surface area contributed by atoms with Gasteiger partial charge < -0.3 is 20.7 Å². The predicted octanol–water partition coefficient (Wildman–Crippen LogP) is 3.00. The highest BCUT2D eigenvalue weighted by Gasteiger charge is 2.38. The summed E-state index contributed by atoms with van der Waals surface area (Å²) in [6, 6.07) is 3.21. The molecule has 6 nitrogen and oxygen atoms in total. The summed E-state index contributed by atoms with van der Waals surface area (Å²) < 4.78 is 5.35. The lowest BCUT2D eigenvalue weighted by Crippen LogP contribution is -2.60. The van der Waals surface area contributed by atoms with Gasteiger partial charge in [0, 0.05) is 44.3 Å². The van der Waals surface area contributed by atoms with Gasteiger partial charge in [0.1, 0.15) is 5.75 Å². The van der Waals surface area contributed by atoms with Gasteiger partial charge in [0.2, 0.25) is 0 Å². The summed E-state index contributed by atoms with van der Waals surface area (Å²) in [5.41, 5.74) is 6.73. The number of ether oxygens (including phenoxy) is 1. The number of methoxy groups -OCH3 is 1. The van der Waals surface area contributed by atoms with Crippen molar-refractivity contribution < 1.29 is 9.53 Å². The molecule has 2 aliphatic rings. The molecule has 0 aromatic heterocycles. The maximum absolute atomic E-state index is 13.0. The average molecular weight is 409 g/mol. The molecule has 0 unspecified atom stereocenters. The number of carbonyl (C=O) groups is 1. The smallest absolute Gasteiger partial charge is 0.255 e. The first kappa shape index (κ1) is 21.2. The van der Waals surface area contributed by atoms with Gasteiger partial charge in [0.05, 0.1) is 23.4 Å². The number of nitrogens with zero attached hydrogens (tertiary/aromatic N) is 2. The molecule has 3 N–H and O–H groups in total. The zero-order valence-corrected chi connectivity index (χ0v) is 17.9. The quantitative estimate of drug-likeness (QED) is 0.579. The van der Waals surface area contributed by atoms with E-state index in [4.69, 9.17) is 22.1 Å². The lowest BCUT2D eigenvalue weighted by Gasteiger charge is -2.47. The number of nitrogen functional groups attached to an aromatic ring is 1. The number of likely N-dealkylation sites (N-methyl/N-ethyl adjacent to an activating group) is 1. The molecule has 1 heterocycles. The first-order chi connectivity index (χ1) is 13.4. The number of halogens is 1. The van der Waals surface area contributed by atoms with E-state index in [9.17, 15) is 4.79 Å². The fourth-order valence-corrected chi connectivity index (χ4v) is 4.69. The zero-order chi connectivity index (χ0) is 20.1. The van der Waals surface area contributed by atoms with Crippen LogP contribution in [0.4, 0.5) is 5.69 Å². The summed E-state index contributed by atoms with van der Waals surface area (Å²) in [7, 11) is 3.71. The summed E-state index contributed by atoms with van der Waals surface area (Å²) >= 11 is 6.15. The van der Waals surface area contributed by atoms with Crippen LogP contribution in [0.2, 0.25) is 5.02 Å². The Hall–Kier alpha value is -1.50. The molecule has 0 atom stereocenters. The van der Waals surface area contributed by atoms with Crippen LogP contribution in [0.5, 0.6) is 5.75 Å². The first-order valence-electron chi connectivity index (χ1n) is 10.3. The molecule has 1 aromatic carbocycles. The lowest BCUT2D eigenvalue weighted by molar-refractivity contribution is 0.0276. The Bertz CT molecular complexity index is 681. The van der Waals surface area contributed by atoms with Gasteiger partial charge in [-0.2, -0.15) is 0 Å². The maximum Gasteiger partial charge on any atom is 0.255 e. The van der Waals surface area contributed by atoms with Crippen molar-refractivity contribution in [1.29, 1.82) is 0 Å². The Morgan fingerprint density at radius 1 is 1.18 bits per heavy atom. The highest BCUT2D eigenvalue weighted by atomic mass is 35.5. The van der Waals surface area contributed by atoms with E-state index in [1.54, 1.807) is 12.1 Å². The minimum atomic E-state index is -0.156. The number of amides is 1. The Labute approximate surface area is 173 Å². The van der Waals surface area contributed by atoms with Crippen molar-refractivity contribution in [3.8, 4) is 5.75 Å². The van der Waals surface area contributed by atoms with Gasteiger partial charge in [-0.1, -0.05) is 37.3 Å². The van der Waals surface area contributed by atoms with Crippen LogP contribution in [-0.4, -0.2) is 68.1 Å². The molecule has 0 radical (unpaired) electrons. The van der Waals surface area contributed by atoms with Gasteiger partial charge in [-0.15, -0.1) is 0 Å². The highest BCUT2D eigenvalue weighted by Crippen LogP contribution is 2.34. The van der Waals surface area contributed by atoms with Crippen molar-refractivity contribution in [2.45, 2.75) is 44.1 Å². The van der Waals surface area contributed by atoms with Crippen molar-refractivity contribution in [3.63, 3.8) is 0 Å². The van der Waals surface area contributed by atoms with E-state index >= 15 is 0 Å². The van der Waals surface area contributed by atoms with Crippen LogP contribution in [0.15, 0.2) is 12.1 Å². The second-order valence-corrected chi connectivity index (χ2v) is 8.59. The number of hydrogen-bond acceptors (Lipinski definition) is 5. The van der Waals surface area contributed by atoms with E-state index < -0.39 is 0 Å². The maximum atomic E-state index is 13.0. The van der Waals surface area contributed by atoms with E-state index in [2.05, 4.69) is 22.2 Å². The number of nitrogens with two attached hydrogens (primary N) is 1. The van der Waals surface area contributed by atoms with E-state index in [1.807, 2.05) is 0 Å². The third-order valence-electron chi connectivity index (χ3n) is 6.35. The molecular formula is C21H33ClN4O2. The average Bonchev–Trinajstić information content (AvgIpc) is 2.95. The van der Waals surface area contributed by atoms with Crippen molar-refractivity contribution >= 4 is 23.2 Å². The van der Waals surface area contributed by atoms with Crippen molar-refractivity contribution in [2.75, 3.05) is 52.6 Å². The number of rotatable bonds is 5. The Morgan fingerprint density at radius 2 is 1.82 bits per heavy atom. The minimum Gasteiger partial charge on any atom is -0.496 e. The number of benzene rings is 1. The fourth-order valence-electron chi connectivity index (χ4n) is 4.53. The Balaban J connectivity index is 1.76. The molecule has 1 aliphatic carbocycles. The highest BCUT2D eigenvalue weighted by molar-refractivity contribution is 6.33. The third kappa shape index (κ3) is 4.73. The van der Waals surface area contributed by atoms with Crippen molar-refractivity contribution in [1.82, 2.24) is 15.1 Å². The van der Waals surface area contributed by atoms with Crippen LogP contribution >= 0.6 is 11.6 Å². The van der Waals surface area contributed by atoms with E-state index in [0.717, 1.165) is 39.0 Å². The molecule has 1 aromatic rings. The number of nitrogens with one attached hydrogen (secondary N) is 1. The standard InChI is InChI=1S/C21H33ClN4O2/c1-25-9-11-26(12-10-25)21(7-5-3-4-6-8-21)15-24-20(27)16-13-17(22)18(23)14-19(16)28-2/h13-14H,3-12,15,23H2,1-2H3,(H,24,27). The first-order valence-corrected chi connectivity index (χ1v) is 10.7. The van der Waals surface area contributed by atoms with Crippen LogP contribution in [-0.2, 0) is 0 Å². The fraction of sp³-hybridized carbons (Fsp3) is 0.667. The topological polar surface area (TPSA) is 70.8 Å². The summed E-state index contributed by atoms with van der Waals surface area (Å²) in [6.45, 7) is 4.93. The zero-order valence-electron chi connectivity index (χ0n) is 17.1. The Morgan fingerprint density at radius 3 is 2.43 bits per heavy atom. The second-order valence-electron chi connectivity index (χ2n) is 8.19. The molecule has 0 spiro atoms. The number of anilines is 1. The summed E-state index contributed by atoms with van der Waals surface area (Å²) in [5.74, 6) is 0.297. The van der Waals surface area contributed by atoms with Gasteiger partial charge >= 0.3 is 0 Å². The SMILES string of the molecule is COc1cc(N)c(Cl)cc1C(=O)NCC1(N2CCN(C)CC2)CCCCCC1. The largest absolute Gasteiger partial charge is 0.496 e. The van der Waals surface area contributed by atoms with E-state index in [-0.39, 0.29) is 11.4 Å².